The van der Waals surface area contributed by atoms with Crippen LogP contribution in [0.5, 0.6) is 0 Å². The average molecular weight is 279 g/mol. The zero-order valence-electron chi connectivity index (χ0n) is 12.3. The minimum absolute atomic E-state index is 0.192. The molecule has 0 spiro atoms. The lowest BCUT2D eigenvalue weighted by molar-refractivity contribution is -0.137. The number of ether oxygens (including phenoxy) is 1. The van der Waals surface area contributed by atoms with E-state index in [1.807, 2.05) is 25.1 Å². The predicted molar refractivity (Wildman–Crippen MR) is 75.5 cm³/mol. The average Bonchev–Trinajstić information content (AvgIpc) is 2.24. The molecule has 0 aliphatic heterocycles. The molecule has 0 heterocycles. The third-order valence-electron chi connectivity index (χ3n) is 2.51. The number of carboxylic acids is 1. The lowest BCUT2D eigenvalue weighted by atomic mass is 10.0. The Kier molecular flexibility index (Phi) is 5.13. The van der Waals surface area contributed by atoms with Crippen molar-refractivity contribution in [2.24, 2.45) is 0 Å². The summed E-state index contributed by atoms with van der Waals surface area (Å²) in [6.45, 7) is 7.18. The molecule has 0 radical (unpaired) electrons. The number of alkyl carbamates (subject to hydrolysis) is 1. The SMILES string of the molecule is Cc1cccc([C@@H](CC(=O)O)NC(=O)OC(C)(C)C)c1. The number of benzene rings is 1. The van der Waals surface area contributed by atoms with Crippen LogP contribution in [0.4, 0.5) is 4.79 Å². The van der Waals surface area contributed by atoms with Crippen LogP contribution in [0.2, 0.25) is 0 Å². The van der Waals surface area contributed by atoms with Crippen molar-refractivity contribution in [3.63, 3.8) is 0 Å². The molecule has 0 saturated carbocycles. The van der Waals surface area contributed by atoms with Crippen LogP contribution in [0.3, 0.4) is 0 Å². The Labute approximate surface area is 118 Å². The lowest BCUT2D eigenvalue weighted by Gasteiger charge is -2.23. The summed E-state index contributed by atoms with van der Waals surface area (Å²) in [6.07, 6.45) is -0.812. The standard InChI is InChI=1S/C15H21NO4/c1-10-6-5-7-11(8-10)12(9-13(17)18)16-14(19)20-15(2,3)4/h5-8,12H,9H2,1-4H3,(H,16,19)(H,17,18)/t12-/m1/s1. The zero-order valence-corrected chi connectivity index (χ0v) is 12.3. The molecular weight excluding hydrogens is 258 g/mol. The largest absolute Gasteiger partial charge is 0.481 e. The number of carboxylic acid groups (broad SMARTS) is 1. The van der Waals surface area contributed by atoms with E-state index in [9.17, 15) is 9.59 Å². The summed E-state index contributed by atoms with van der Waals surface area (Å²) in [5.74, 6) is -0.979. The summed E-state index contributed by atoms with van der Waals surface area (Å²) in [4.78, 5) is 22.7. The number of rotatable bonds is 4. The molecule has 0 aliphatic rings. The molecule has 1 rings (SSSR count). The van der Waals surface area contributed by atoms with Gasteiger partial charge in [-0.1, -0.05) is 29.8 Å². The van der Waals surface area contributed by atoms with Gasteiger partial charge in [0, 0.05) is 0 Å². The summed E-state index contributed by atoms with van der Waals surface area (Å²) in [7, 11) is 0. The van der Waals surface area contributed by atoms with Gasteiger partial charge in [0.1, 0.15) is 5.60 Å². The van der Waals surface area contributed by atoms with Gasteiger partial charge in [0.25, 0.3) is 0 Å². The molecule has 1 aromatic rings. The highest BCUT2D eigenvalue weighted by Crippen LogP contribution is 2.19. The summed E-state index contributed by atoms with van der Waals surface area (Å²) >= 11 is 0. The van der Waals surface area contributed by atoms with Gasteiger partial charge in [0.05, 0.1) is 12.5 Å². The van der Waals surface area contributed by atoms with Gasteiger partial charge in [0.15, 0.2) is 0 Å². The summed E-state index contributed by atoms with van der Waals surface area (Å²) in [6, 6.07) is 6.77. The number of aryl methyl sites for hydroxylation is 1. The Morgan fingerprint density at radius 3 is 2.50 bits per heavy atom. The van der Waals surface area contributed by atoms with E-state index in [4.69, 9.17) is 9.84 Å². The van der Waals surface area contributed by atoms with Crippen LogP contribution in [0.25, 0.3) is 0 Å². The number of hydrogen-bond donors (Lipinski definition) is 2. The molecule has 1 aromatic carbocycles. The van der Waals surface area contributed by atoms with Crippen molar-refractivity contribution in [2.75, 3.05) is 0 Å². The Bertz CT molecular complexity index is 491. The van der Waals surface area contributed by atoms with E-state index < -0.39 is 23.7 Å². The fraction of sp³-hybridized carbons (Fsp3) is 0.467. The van der Waals surface area contributed by atoms with Gasteiger partial charge < -0.3 is 15.2 Å². The first-order valence-electron chi connectivity index (χ1n) is 6.45. The van der Waals surface area contributed by atoms with E-state index in [2.05, 4.69) is 5.32 Å². The number of amides is 1. The summed E-state index contributed by atoms with van der Waals surface area (Å²) < 4.78 is 5.16. The molecule has 0 fully saturated rings. The second-order valence-corrected chi connectivity index (χ2v) is 5.71. The molecule has 5 nitrogen and oxygen atoms in total. The highest BCUT2D eigenvalue weighted by Gasteiger charge is 2.22. The maximum absolute atomic E-state index is 11.8. The first-order chi connectivity index (χ1) is 9.17. The second kappa shape index (κ2) is 6.41. The summed E-state index contributed by atoms with van der Waals surface area (Å²) in [5, 5.41) is 11.6. The maximum Gasteiger partial charge on any atom is 0.408 e. The van der Waals surface area contributed by atoms with E-state index >= 15 is 0 Å². The molecule has 0 saturated heterocycles. The zero-order chi connectivity index (χ0) is 15.3. The van der Waals surface area contributed by atoms with Gasteiger partial charge in [-0.3, -0.25) is 4.79 Å². The minimum atomic E-state index is -0.979. The van der Waals surface area contributed by atoms with Crippen molar-refractivity contribution in [3.05, 3.63) is 35.4 Å². The van der Waals surface area contributed by atoms with E-state index in [1.54, 1.807) is 26.8 Å². The molecule has 0 aliphatic carbocycles. The predicted octanol–water partition coefficient (Wildman–Crippen LogP) is 3.04. The van der Waals surface area contributed by atoms with Gasteiger partial charge >= 0.3 is 12.1 Å². The first-order valence-corrected chi connectivity index (χ1v) is 6.45. The van der Waals surface area contributed by atoms with Gasteiger partial charge in [-0.25, -0.2) is 4.79 Å². The van der Waals surface area contributed by atoms with Crippen LogP contribution in [0, 0.1) is 6.92 Å². The van der Waals surface area contributed by atoms with Gasteiger partial charge in [-0.05, 0) is 33.3 Å². The van der Waals surface area contributed by atoms with Crippen molar-refractivity contribution >= 4 is 12.1 Å². The van der Waals surface area contributed by atoms with E-state index in [1.165, 1.54) is 0 Å². The molecular formula is C15H21NO4. The normalized spacial score (nSPS) is 12.6. The van der Waals surface area contributed by atoms with Crippen molar-refractivity contribution < 1.29 is 19.4 Å². The fourth-order valence-electron chi connectivity index (χ4n) is 1.76. The third-order valence-corrected chi connectivity index (χ3v) is 2.51. The second-order valence-electron chi connectivity index (χ2n) is 5.71. The number of hydrogen-bond acceptors (Lipinski definition) is 3. The quantitative estimate of drug-likeness (QED) is 0.888. The Hall–Kier alpha value is -2.04. The van der Waals surface area contributed by atoms with Gasteiger partial charge in [0.2, 0.25) is 0 Å². The van der Waals surface area contributed by atoms with E-state index in [0.717, 1.165) is 11.1 Å². The van der Waals surface area contributed by atoms with Crippen molar-refractivity contribution in [1.82, 2.24) is 5.32 Å². The molecule has 1 atom stereocenters. The van der Waals surface area contributed by atoms with Crippen molar-refractivity contribution in [2.45, 2.75) is 45.8 Å². The highest BCUT2D eigenvalue weighted by atomic mass is 16.6. The molecule has 1 amide bonds. The summed E-state index contributed by atoms with van der Waals surface area (Å²) in [5.41, 5.74) is 1.13. The molecule has 0 aromatic heterocycles. The monoisotopic (exact) mass is 279 g/mol. The topological polar surface area (TPSA) is 75.6 Å². The van der Waals surface area contributed by atoms with Crippen LogP contribution in [-0.4, -0.2) is 22.8 Å². The third kappa shape index (κ3) is 5.73. The molecule has 110 valence electrons. The maximum atomic E-state index is 11.8. The minimum Gasteiger partial charge on any atom is -0.481 e. The Morgan fingerprint density at radius 1 is 1.35 bits per heavy atom. The van der Waals surface area contributed by atoms with Crippen molar-refractivity contribution in [3.8, 4) is 0 Å². The molecule has 0 unspecified atom stereocenters. The number of carbonyl (C=O) groups excluding carboxylic acids is 1. The van der Waals surface area contributed by atoms with Crippen molar-refractivity contribution in [1.29, 1.82) is 0 Å². The number of carbonyl (C=O) groups is 2. The Morgan fingerprint density at radius 2 is 2.00 bits per heavy atom. The van der Waals surface area contributed by atoms with E-state index in [-0.39, 0.29) is 6.42 Å². The van der Waals surface area contributed by atoms with Crippen LogP contribution >= 0.6 is 0 Å². The molecule has 5 heteroatoms. The van der Waals surface area contributed by atoms with E-state index in [0.29, 0.717) is 0 Å². The smallest absolute Gasteiger partial charge is 0.408 e. The molecule has 20 heavy (non-hydrogen) atoms. The lowest BCUT2D eigenvalue weighted by Crippen LogP contribution is -2.35. The molecule has 2 N–H and O–H groups in total. The van der Waals surface area contributed by atoms with Crippen LogP contribution < -0.4 is 5.32 Å². The van der Waals surface area contributed by atoms with Crippen LogP contribution in [0.1, 0.15) is 44.4 Å². The first kappa shape index (κ1) is 16.0. The Balaban J connectivity index is 2.85. The van der Waals surface area contributed by atoms with Crippen LogP contribution in [-0.2, 0) is 9.53 Å². The van der Waals surface area contributed by atoms with Gasteiger partial charge in [-0.2, -0.15) is 0 Å². The highest BCUT2D eigenvalue weighted by molar-refractivity contribution is 5.72. The van der Waals surface area contributed by atoms with Gasteiger partial charge in [-0.15, -0.1) is 0 Å². The van der Waals surface area contributed by atoms with Crippen LogP contribution in [0.15, 0.2) is 24.3 Å². The fourth-order valence-corrected chi connectivity index (χ4v) is 1.76. The number of nitrogens with one attached hydrogen (secondary N) is 1. The number of aliphatic carboxylic acids is 1. The molecule has 0 bridgehead atoms.